The highest BCUT2D eigenvalue weighted by Gasteiger charge is 2.30. The molecule has 1 aliphatic carbocycles. The van der Waals surface area contributed by atoms with E-state index in [0.29, 0.717) is 6.04 Å². The van der Waals surface area contributed by atoms with E-state index >= 15 is 0 Å². The molecule has 3 aromatic rings. The van der Waals surface area contributed by atoms with Crippen molar-refractivity contribution in [2.75, 3.05) is 6.54 Å². The lowest BCUT2D eigenvalue weighted by Gasteiger charge is -2.31. The first kappa shape index (κ1) is 18.8. The van der Waals surface area contributed by atoms with Crippen LogP contribution in [0.4, 0.5) is 0 Å². The average Bonchev–Trinajstić information content (AvgIpc) is 3.41. The Balaban J connectivity index is 1.73. The molecule has 0 N–H and O–H groups in total. The summed E-state index contributed by atoms with van der Waals surface area (Å²) in [6, 6.07) is 19.9. The van der Waals surface area contributed by atoms with Crippen molar-refractivity contribution >= 4 is 0 Å². The lowest BCUT2D eigenvalue weighted by Crippen LogP contribution is -2.32. The molecule has 2 aromatic carbocycles. The van der Waals surface area contributed by atoms with Crippen LogP contribution in [0.25, 0.3) is 0 Å². The Labute approximate surface area is 167 Å². The van der Waals surface area contributed by atoms with E-state index < -0.39 is 0 Å². The van der Waals surface area contributed by atoms with Crippen molar-refractivity contribution in [3.63, 3.8) is 0 Å². The van der Waals surface area contributed by atoms with Gasteiger partial charge in [0, 0.05) is 6.54 Å². The van der Waals surface area contributed by atoms with E-state index in [1.165, 1.54) is 42.4 Å². The minimum absolute atomic E-state index is 0.0430. The smallest absolute Gasteiger partial charge is 0.173 e. The Kier molecular flexibility index (Phi) is 5.81. The molecule has 0 unspecified atom stereocenters. The van der Waals surface area contributed by atoms with Gasteiger partial charge in [-0.15, -0.1) is 5.10 Å². The third kappa shape index (κ3) is 3.99. The van der Waals surface area contributed by atoms with Crippen LogP contribution < -0.4 is 0 Å². The third-order valence-electron chi connectivity index (χ3n) is 5.83. The summed E-state index contributed by atoms with van der Waals surface area (Å²) in [4.78, 5) is 2.47. The zero-order valence-corrected chi connectivity index (χ0v) is 16.8. The van der Waals surface area contributed by atoms with Crippen LogP contribution in [0.5, 0.6) is 0 Å². The summed E-state index contributed by atoms with van der Waals surface area (Å²) in [6.07, 6.45) is 4.87. The van der Waals surface area contributed by atoms with Crippen molar-refractivity contribution in [2.24, 2.45) is 0 Å². The lowest BCUT2D eigenvalue weighted by atomic mass is 10.0. The number of nitrogens with zero attached hydrogens (tertiary/aromatic N) is 5. The van der Waals surface area contributed by atoms with Crippen molar-refractivity contribution in [2.45, 2.75) is 58.2 Å². The molecule has 1 aromatic heterocycles. The van der Waals surface area contributed by atoms with Crippen LogP contribution in [-0.2, 0) is 6.54 Å². The zero-order valence-electron chi connectivity index (χ0n) is 16.8. The Morgan fingerprint density at radius 1 is 1.04 bits per heavy atom. The maximum Gasteiger partial charge on any atom is 0.173 e. The quantitative estimate of drug-likeness (QED) is 0.600. The van der Waals surface area contributed by atoms with Crippen LogP contribution in [0, 0.1) is 6.92 Å². The monoisotopic (exact) mass is 375 g/mol. The highest BCUT2D eigenvalue weighted by atomic mass is 15.6. The van der Waals surface area contributed by atoms with E-state index in [1.807, 2.05) is 0 Å². The largest absolute Gasteiger partial charge is 0.286 e. The van der Waals surface area contributed by atoms with E-state index in [1.54, 1.807) is 0 Å². The van der Waals surface area contributed by atoms with Gasteiger partial charge >= 0.3 is 0 Å². The van der Waals surface area contributed by atoms with E-state index in [0.717, 1.165) is 18.9 Å². The van der Waals surface area contributed by atoms with Crippen LogP contribution in [0.15, 0.2) is 54.6 Å². The van der Waals surface area contributed by atoms with Crippen LogP contribution in [-0.4, -0.2) is 31.7 Å². The maximum atomic E-state index is 4.53. The molecule has 0 saturated heterocycles. The van der Waals surface area contributed by atoms with Crippen LogP contribution in [0.2, 0.25) is 0 Å². The van der Waals surface area contributed by atoms with Crippen molar-refractivity contribution in [3.8, 4) is 0 Å². The normalized spacial score (nSPS) is 16.0. The summed E-state index contributed by atoms with van der Waals surface area (Å²) in [5.74, 6) is 0.966. The molecule has 1 saturated carbocycles. The van der Waals surface area contributed by atoms with Crippen molar-refractivity contribution in [1.29, 1.82) is 0 Å². The van der Waals surface area contributed by atoms with Gasteiger partial charge in [-0.05, 0) is 47.9 Å². The molecule has 0 amide bonds. The SMILES string of the molecule is CCN(Cc1ccccc1)[C@@H](c1ccc(C)cc1)c1nnnn1C1CCCC1. The number of hydrogen-bond donors (Lipinski definition) is 0. The van der Waals surface area contributed by atoms with Crippen LogP contribution in [0.3, 0.4) is 0 Å². The summed E-state index contributed by atoms with van der Waals surface area (Å²) < 4.78 is 2.10. The number of hydrogen-bond acceptors (Lipinski definition) is 4. The maximum absolute atomic E-state index is 4.53. The highest BCUT2D eigenvalue weighted by Crippen LogP contribution is 2.34. The predicted octanol–water partition coefficient (Wildman–Crippen LogP) is 4.71. The molecule has 1 aliphatic rings. The minimum atomic E-state index is 0.0430. The Morgan fingerprint density at radius 3 is 2.43 bits per heavy atom. The van der Waals surface area contributed by atoms with Gasteiger partial charge in [-0.25, -0.2) is 4.68 Å². The van der Waals surface area contributed by atoms with E-state index in [-0.39, 0.29) is 6.04 Å². The number of tetrazole rings is 1. The first-order chi connectivity index (χ1) is 13.8. The van der Waals surface area contributed by atoms with Crippen molar-refractivity contribution in [3.05, 3.63) is 77.1 Å². The summed E-state index contributed by atoms with van der Waals surface area (Å²) in [5, 5.41) is 13.0. The molecule has 28 heavy (non-hydrogen) atoms. The number of aryl methyl sites for hydroxylation is 1. The standard InChI is InChI=1S/C23H29N5/c1-3-27(17-19-9-5-4-6-10-19)22(20-15-13-18(2)14-16-20)23-24-25-26-28(23)21-11-7-8-12-21/h4-6,9-10,13-16,21-22H,3,7-8,11-12,17H2,1-2H3/t22-/m0/s1. The first-order valence-corrected chi connectivity index (χ1v) is 10.4. The molecule has 0 radical (unpaired) electrons. The van der Waals surface area contributed by atoms with Gasteiger partial charge in [0.05, 0.1) is 12.1 Å². The van der Waals surface area contributed by atoms with E-state index in [9.17, 15) is 0 Å². The summed E-state index contributed by atoms with van der Waals surface area (Å²) in [5.41, 5.74) is 3.82. The fourth-order valence-electron chi connectivity index (χ4n) is 4.26. The summed E-state index contributed by atoms with van der Waals surface area (Å²) in [7, 11) is 0. The molecular weight excluding hydrogens is 346 g/mol. The third-order valence-corrected chi connectivity index (χ3v) is 5.83. The van der Waals surface area contributed by atoms with Gasteiger partial charge in [-0.2, -0.15) is 0 Å². The zero-order chi connectivity index (χ0) is 19.3. The topological polar surface area (TPSA) is 46.8 Å². The second-order valence-electron chi connectivity index (χ2n) is 7.78. The molecule has 1 fully saturated rings. The predicted molar refractivity (Wildman–Crippen MR) is 111 cm³/mol. The molecule has 0 aliphatic heterocycles. The number of aromatic nitrogens is 4. The van der Waals surface area contributed by atoms with Gasteiger partial charge in [0.2, 0.25) is 0 Å². The number of benzene rings is 2. The summed E-state index contributed by atoms with van der Waals surface area (Å²) >= 11 is 0. The van der Waals surface area contributed by atoms with E-state index in [4.69, 9.17) is 0 Å². The van der Waals surface area contributed by atoms with Crippen LogP contribution in [0.1, 0.15) is 67.2 Å². The number of rotatable bonds is 7. The molecule has 0 bridgehead atoms. The minimum Gasteiger partial charge on any atom is -0.286 e. The molecule has 5 nitrogen and oxygen atoms in total. The Hall–Kier alpha value is -2.53. The highest BCUT2D eigenvalue weighted by molar-refractivity contribution is 5.29. The average molecular weight is 376 g/mol. The van der Waals surface area contributed by atoms with Gasteiger partial charge in [-0.3, -0.25) is 4.90 Å². The molecule has 0 spiro atoms. The van der Waals surface area contributed by atoms with Gasteiger partial charge in [-0.1, -0.05) is 79.9 Å². The van der Waals surface area contributed by atoms with Gasteiger partial charge < -0.3 is 0 Å². The van der Waals surface area contributed by atoms with Gasteiger partial charge in [0.25, 0.3) is 0 Å². The molecule has 146 valence electrons. The lowest BCUT2D eigenvalue weighted by molar-refractivity contribution is 0.211. The van der Waals surface area contributed by atoms with Gasteiger partial charge in [0.15, 0.2) is 5.82 Å². The fraction of sp³-hybridized carbons (Fsp3) is 0.435. The second-order valence-corrected chi connectivity index (χ2v) is 7.78. The van der Waals surface area contributed by atoms with E-state index in [2.05, 4.69) is 93.6 Å². The molecule has 5 heteroatoms. The first-order valence-electron chi connectivity index (χ1n) is 10.4. The Morgan fingerprint density at radius 2 is 1.75 bits per heavy atom. The van der Waals surface area contributed by atoms with Gasteiger partial charge in [0.1, 0.15) is 0 Å². The second kappa shape index (κ2) is 8.65. The molecule has 4 rings (SSSR count). The molecular formula is C23H29N5. The van der Waals surface area contributed by atoms with Crippen molar-refractivity contribution in [1.82, 2.24) is 25.1 Å². The fourth-order valence-corrected chi connectivity index (χ4v) is 4.26. The van der Waals surface area contributed by atoms with Crippen molar-refractivity contribution < 1.29 is 0 Å². The molecule has 1 heterocycles. The summed E-state index contributed by atoms with van der Waals surface area (Å²) in [6.45, 7) is 6.13. The molecule has 1 atom stereocenters. The Bertz CT molecular complexity index is 866. The van der Waals surface area contributed by atoms with Crippen LogP contribution >= 0.6 is 0 Å².